The van der Waals surface area contributed by atoms with E-state index in [2.05, 4.69) is 23.5 Å². The molecule has 0 aliphatic heterocycles. The lowest BCUT2D eigenvalue weighted by Gasteiger charge is -2.06. The summed E-state index contributed by atoms with van der Waals surface area (Å²) >= 11 is 3.20. The number of thiophene rings is 1. The van der Waals surface area contributed by atoms with Crippen LogP contribution in [0.4, 0.5) is 5.95 Å². The summed E-state index contributed by atoms with van der Waals surface area (Å²) in [6.45, 7) is 2.43. The molecule has 3 N–H and O–H groups in total. The molecule has 0 saturated carbocycles. The molecule has 0 bridgehead atoms. The second kappa shape index (κ2) is 7.18. The zero-order valence-electron chi connectivity index (χ0n) is 12.7. The highest BCUT2D eigenvalue weighted by Crippen LogP contribution is 2.28. The zero-order chi connectivity index (χ0) is 17.1. The van der Waals surface area contributed by atoms with Crippen LogP contribution in [0.3, 0.4) is 0 Å². The predicted octanol–water partition coefficient (Wildman–Crippen LogP) is 2.61. The van der Waals surface area contributed by atoms with Gasteiger partial charge in [-0.05, 0) is 25.1 Å². The van der Waals surface area contributed by atoms with Gasteiger partial charge >= 0.3 is 0 Å². The minimum Gasteiger partial charge on any atom is -0.368 e. The standard InChI is InChI=1S/C15H13IN6OS/c1-2-19-13(23)10-6-9-12(20-15(17)21-14(9)24-10)11(22-16)8-4-3-5-18-7-8/h3-7H,2H2,1H3,(H,19,23)(H2,17,20,21)/b22-11-. The highest BCUT2D eigenvalue weighted by atomic mass is 127. The quantitative estimate of drug-likeness (QED) is 0.468. The van der Waals surface area contributed by atoms with E-state index in [0.717, 1.165) is 10.9 Å². The van der Waals surface area contributed by atoms with Crippen molar-refractivity contribution in [1.82, 2.24) is 20.3 Å². The van der Waals surface area contributed by atoms with Crippen LogP contribution in [-0.2, 0) is 0 Å². The maximum absolute atomic E-state index is 12.1. The van der Waals surface area contributed by atoms with E-state index in [1.807, 2.05) is 41.9 Å². The molecule has 3 aromatic heterocycles. The third-order valence-corrected chi connectivity index (χ3v) is 4.73. The van der Waals surface area contributed by atoms with Crippen molar-refractivity contribution in [3.8, 4) is 0 Å². The van der Waals surface area contributed by atoms with Gasteiger partial charge < -0.3 is 11.1 Å². The Morgan fingerprint density at radius 3 is 2.96 bits per heavy atom. The first-order chi connectivity index (χ1) is 11.6. The Morgan fingerprint density at radius 1 is 1.46 bits per heavy atom. The zero-order valence-corrected chi connectivity index (χ0v) is 15.6. The SMILES string of the molecule is CCNC(=O)c1cc2c(/C(=N\I)c3cccnc3)nc(N)nc2s1. The molecule has 122 valence electrons. The number of anilines is 1. The second-order valence-electron chi connectivity index (χ2n) is 4.79. The maximum Gasteiger partial charge on any atom is 0.261 e. The van der Waals surface area contributed by atoms with E-state index in [1.165, 1.54) is 11.3 Å². The Balaban J connectivity index is 2.18. The van der Waals surface area contributed by atoms with Crippen LogP contribution in [0.25, 0.3) is 10.2 Å². The molecule has 7 nitrogen and oxygen atoms in total. The summed E-state index contributed by atoms with van der Waals surface area (Å²) < 4.78 is 4.32. The van der Waals surface area contributed by atoms with Gasteiger partial charge in [-0.15, -0.1) is 11.3 Å². The average Bonchev–Trinajstić information content (AvgIpc) is 3.01. The number of rotatable bonds is 4. The first-order valence-electron chi connectivity index (χ1n) is 7.09. The fourth-order valence-electron chi connectivity index (χ4n) is 2.21. The fraction of sp³-hybridized carbons (Fsp3) is 0.133. The van der Waals surface area contributed by atoms with Crippen LogP contribution in [0.15, 0.2) is 33.8 Å². The van der Waals surface area contributed by atoms with Gasteiger partial charge in [0.2, 0.25) is 5.95 Å². The highest BCUT2D eigenvalue weighted by Gasteiger charge is 2.19. The van der Waals surface area contributed by atoms with Crippen LogP contribution in [0.1, 0.15) is 27.9 Å². The van der Waals surface area contributed by atoms with Crippen molar-refractivity contribution < 1.29 is 4.79 Å². The van der Waals surface area contributed by atoms with Crippen molar-refractivity contribution in [2.24, 2.45) is 3.21 Å². The molecule has 0 atom stereocenters. The van der Waals surface area contributed by atoms with Crippen LogP contribution >= 0.6 is 34.2 Å². The number of amides is 1. The molecule has 3 rings (SSSR count). The molecule has 1 amide bonds. The molecule has 0 radical (unpaired) electrons. The van der Waals surface area contributed by atoms with Crippen LogP contribution < -0.4 is 11.1 Å². The molecular weight excluding hydrogens is 439 g/mol. The van der Waals surface area contributed by atoms with Gasteiger partial charge in [-0.3, -0.25) is 9.78 Å². The molecule has 9 heteroatoms. The van der Waals surface area contributed by atoms with Crippen molar-refractivity contribution in [1.29, 1.82) is 0 Å². The number of aromatic nitrogens is 3. The second-order valence-corrected chi connectivity index (χ2v) is 6.31. The van der Waals surface area contributed by atoms with Gasteiger partial charge in [0.1, 0.15) is 16.2 Å². The summed E-state index contributed by atoms with van der Waals surface area (Å²) in [5, 5.41) is 3.53. The summed E-state index contributed by atoms with van der Waals surface area (Å²) in [6.07, 6.45) is 3.40. The first kappa shape index (κ1) is 16.7. The number of carbonyl (C=O) groups is 1. The normalized spacial score (nSPS) is 11.7. The molecule has 0 aromatic carbocycles. The molecule has 24 heavy (non-hydrogen) atoms. The molecule has 0 aliphatic rings. The van der Waals surface area contributed by atoms with E-state index in [-0.39, 0.29) is 11.9 Å². The number of carbonyl (C=O) groups excluding carboxylic acids is 1. The predicted molar refractivity (Wildman–Crippen MR) is 104 cm³/mol. The number of pyridine rings is 1. The van der Waals surface area contributed by atoms with Gasteiger partial charge in [0.25, 0.3) is 5.91 Å². The molecular formula is C15H13IN6OS. The number of fused-ring (bicyclic) bond motifs is 1. The summed E-state index contributed by atoms with van der Waals surface area (Å²) in [5.74, 6) is 0.00241. The van der Waals surface area contributed by atoms with Gasteiger partial charge in [-0.2, -0.15) is 0 Å². The number of hydrogen-bond acceptors (Lipinski definition) is 7. The lowest BCUT2D eigenvalue weighted by atomic mass is 10.1. The van der Waals surface area contributed by atoms with E-state index in [0.29, 0.717) is 27.7 Å². The van der Waals surface area contributed by atoms with Crippen LogP contribution in [0, 0.1) is 0 Å². The molecule has 0 unspecified atom stereocenters. The minimum atomic E-state index is -0.139. The summed E-state index contributed by atoms with van der Waals surface area (Å²) in [4.78, 5) is 26.0. The Morgan fingerprint density at radius 2 is 2.29 bits per heavy atom. The van der Waals surface area contributed by atoms with Crippen LogP contribution in [-0.4, -0.2) is 33.1 Å². The lowest BCUT2D eigenvalue weighted by molar-refractivity contribution is 0.0960. The lowest BCUT2D eigenvalue weighted by Crippen LogP contribution is -2.21. The van der Waals surface area contributed by atoms with E-state index >= 15 is 0 Å². The number of nitrogens with zero attached hydrogens (tertiary/aromatic N) is 4. The monoisotopic (exact) mass is 452 g/mol. The number of hydrogen-bond donors (Lipinski definition) is 2. The Kier molecular flexibility index (Phi) is 5.00. The Hall–Kier alpha value is -2.14. The fourth-order valence-corrected chi connectivity index (χ4v) is 3.67. The molecule has 0 spiro atoms. The van der Waals surface area contributed by atoms with E-state index in [1.54, 1.807) is 18.5 Å². The van der Waals surface area contributed by atoms with Crippen molar-refractivity contribution in [3.05, 3.63) is 46.7 Å². The number of nitrogens with two attached hydrogens (primary N) is 1. The van der Waals surface area contributed by atoms with Crippen molar-refractivity contribution in [2.45, 2.75) is 6.92 Å². The van der Waals surface area contributed by atoms with E-state index in [9.17, 15) is 4.79 Å². The smallest absolute Gasteiger partial charge is 0.261 e. The third-order valence-electron chi connectivity index (χ3n) is 3.21. The van der Waals surface area contributed by atoms with E-state index in [4.69, 9.17) is 5.73 Å². The number of nitrogen functional groups attached to an aromatic ring is 1. The Labute approximate surface area is 155 Å². The summed E-state index contributed by atoms with van der Waals surface area (Å²) in [6, 6.07) is 5.50. The van der Waals surface area contributed by atoms with Crippen LogP contribution in [0.5, 0.6) is 0 Å². The number of halogens is 1. The van der Waals surface area contributed by atoms with Gasteiger partial charge in [-0.1, -0.05) is 0 Å². The van der Waals surface area contributed by atoms with E-state index < -0.39 is 0 Å². The number of nitrogens with one attached hydrogen (secondary N) is 1. The molecule has 0 aliphatic carbocycles. The largest absolute Gasteiger partial charge is 0.368 e. The highest BCUT2D eigenvalue weighted by molar-refractivity contribution is 14.1. The average molecular weight is 452 g/mol. The van der Waals surface area contributed by atoms with Gasteiger partial charge in [0.15, 0.2) is 0 Å². The summed E-state index contributed by atoms with van der Waals surface area (Å²) in [5.41, 5.74) is 7.90. The molecule has 3 heterocycles. The minimum absolute atomic E-state index is 0.139. The third kappa shape index (κ3) is 3.22. The van der Waals surface area contributed by atoms with Crippen LogP contribution in [0.2, 0.25) is 0 Å². The molecule has 0 fully saturated rings. The van der Waals surface area contributed by atoms with Gasteiger partial charge in [0, 0.05) is 29.9 Å². The summed E-state index contributed by atoms with van der Waals surface area (Å²) in [7, 11) is 0. The first-order valence-corrected chi connectivity index (χ1v) is 8.87. The van der Waals surface area contributed by atoms with Crippen molar-refractivity contribution in [3.63, 3.8) is 0 Å². The maximum atomic E-state index is 12.1. The van der Waals surface area contributed by atoms with Crippen molar-refractivity contribution in [2.75, 3.05) is 12.3 Å². The topological polar surface area (TPSA) is 106 Å². The molecule has 3 aromatic rings. The Bertz CT molecular complexity index is 924. The molecule has 0 saturated heterocycles. The van der Waals surface area contributed by atoms with Crippen molar-refractivity contribution >= 4 is 62.0 Å². The van der Waals surface area contributed by atoms with Gasteiger partial charge in [-0.25, -0.2) is 13.2 Å². The van der Waals surface area contributed by atoms with Gasteiger partial charge in [0.05, 0.1) is 27.7 Å².